The lowest BCUT2D eigenvalue weighted by Crippen LogP contribution is -2.35. The zero-order valence-electron chi connectivity index (χ0n) is 14.0. The van der Waals surface area contributed by atoms with Crippen molar-refractivity contribution in [1.82, 2.24) is 10.2 Å². The smallest absolute Gasteiger partial charge is 0.240 e. The molecule has 0 aliphatic carbocycles. The molecule has 2 aromatic rings. The van der Waals surface area contributed by atoms with Crippen molar-refractivity contribution in [3.63, 3.8) is 0 Å². The largest absolute Gasteiger partial charge is 0.343 e. The van der Waals surface area contributed by atoms with E-state index in [-0.39, 0.29) is 18.3 Å². The molecule has 3 nitrogen and oxygen atoms in total. The van der Waals surface area contributed by atoms with Crippen molar-refractivity contribution in [3.8, 4) is 0 Å². The number of likely N-dealkylation sites (N-methyl/N-ethyl adjacent to an activating group) is 2. The maximum Gasteiger partial charge on any atom is 0.240 e. The molecule has 0 heterocycles. The molecule has 0 saturated carbocycles. The van der Waals surface area contributed by atoms with E-state index >= 15 is 0 Å². The molecule has 1 N–H and O–H groups in total. The molecule has 0 aliphatic heterocycles. The van der Waals surface area contributed by atoms with Crippen molar-refractivity contribution in [2.24, 2.45) is 0 Å². The molecule has 136 valence electrons. The molecule has 1 atom stereocenters. The van der Waals surface area contributed by atoms with Gasteiger partial charge in [0.2, 0.25) is 5.91 Å². The van der Waals surface area contributed by atoms with E-state index in [2.05, 4.69) is 5.32 Å². The fraction of sp³-hybridized carbons (Fsp3) is 0.278. The quantitative estimate of drug-likeness (QED) is 0.732. The molecule has 1 amide bonds. The van der Waals surface area contributed by atoms with Gasteiger partial charge in [0.25, 0.3) is 0 Å². The average molecular weight is 387 g/mol. The zero-order chi connectivity index (χ0) is 17.5. The highest BCUT2D eigenvalue weighted by atomic mass is 35.5. The van der Waals surface area contributed by atoms with Gasteiger partial charge in [0, 0.05) is 25.0 Å². The van der Waals surface area contributed by atoms with E-state index in [1.807, 2.05) is 37.4 Å². The van der Waals surface area contributed by atoms with Gasteiger partial charge in [-0.3, -0.25) is 4.79 Å². The Hall–Kier alpha value is -1.63. The molecular formula is C18H21ClF2N2OS. The standard InChI is InChI=1S/C18H20F2N2OS.ClH/c1-21-10-11-22(2)18(23)17(13-6-4-3-5-7-13)24-14-8-9-15(19)16(20)12-14;/h3-9,12,17,21H,10-11H2,1-2H3;1H. The number of carbonyl (C=O) groups excluding carboxylic acids is 1. The molecule has 0 saturated heterocycles. The Labute approximate surface area is 157 Å². The summed E-state index contributed by atoms with van der Waals surface area (Å²) in [7, 11) is 3.56. The predicted octanol–water partition coefficient (Wildman–Crippen LogP) is 3.90. The second-order valence-electron chi connectivity index (χ2n) is 5.35. The lowest BCUT2D eigenvalue weighted by Gasteiger charge is -2.24. The van der Waals surface area contributed by atoms with Crippen molar-refractivity contribution in [2.75, 3.05) is 27.2 Å². The highest BCUT2D eigenvalue weighted by Gasteiger charge is 2.25. The van der Waals surface area contributed by atoms with Crippen LogP contribution in [-0.4, -0.2) is 38.0 Å². The first-order valence-corrected chi connectivity index (χ1v) is 8.47. The van der Waals surface area contributed by atoms with Crippen LogP contribution in [0.4, 0.5) is 8.78 Å². The maximum atomic E-state index is 13.5. The minimum Gasteiger partial charge on any atom is -0.343 e. The Morgan fingerprint density at radius 1 is 1.16 bits per heavy atom. The Kier molecular flexibility index (Phi) is 8.89. The normalized spacial score (nSPS) is 11.5. The van der Waals surface area contributed by atoms with Gasteiger partial charge < -0.3 is 10.2 Å². The molecule has 0 aliphatic rings. The topological polar surface area (TPSA) is 32.3 Å². The van der Waals surface area contributed by atoms with Crippen molar-refractivity contribution in [2.45, 2.75) is 10.1 Å². The second kappa shape index (κ2) is 10.4. The van der Waals surface area contributed by atoms with Gasteiger partial charge in [-0.1, -0.05) is 30.3 Å². The first-order valence-electron chi connectivity index (χ1n) is 7.59. The number of halogens is 3. The monoisotopic (exact) mass is 386 g/mol. The van der Waals surface area contributed by atoms with Crippen LogP contribution in [0.1, 0.15) is 10.8 Å². The predicted molar refractivity (Wildman–Crippen MR) is 100 cm³/mol. The van der Waals surface area contributed by atoms with Crippen molar-refractivity contribution in [3.05, 3.63) is 65.7 Å². The maximum absolute atomic E-state index is 13.5. The number of carbonyl (C=O) groups is 1. The highest BCUT2D eigenvalue weighted by Crippen LogP contribution is 2.37. The number of rotatable bonds is 7. The van der Waals surface area contributed by atoms with E-state index in [0.29, 0.717) is 18.0 Å². The van der Waals surface area contributed by atoms with E-state index < -0.39 is 16.9 Å². The van der Waals surface area contributed by atoms with Crippen LogP contribution in [0.25, 0.3) is 0 Å². The van der Waals surface area contributed by atoms with Gasteiger partial charge in [-0.05, 0) is 30.8 Å². The van der Waals surface area contributed by atoms with Crippen molar-refractivity contribution < 1.29 is 13.6 Å². The number of thioether (sulfide) groups is 1. The lowest BCUT2D eigenvalue weighted by atomic mass is 10.1. The molecule has 25 heavy (non-hydrogen) atoms. The molecule has 0 fully saturated rings. The molecular weight excluding hydrogens is 366 g/mol. The Morgan fingerprint density at radius 3 is 2.44 bits per heavy atom. The fourth-order valence-corrected chi connectivity index (χ4v) is 3.33. The van der Waals surface area contributed by atoms with Crippen LogP contribution in [0.3, 0.4) is 0 Å². The summed E-state index contributed by atoms with van der Waals surface area (Å²) in [6.07, 6.45) is 0. The number of hydrogen-bond acceptors (Lipinski definition) is 3. The average Bonchev–Trinajstić information content (AvgIpc) is 2.60. The summed E-state index contributed by atoms with van der Waals surface area (Å²) in [5.74, 6) is -1.89. The number of nitrogens with one attached hydrogen (secondary N) is 1. The van der Waals surface area contributed by atoms with Crippen LogP contribution in [-0.2, 0) is 4.79 Å². The highest BCUT2D eigenvalue weighted by molar-refractivity contribution is 8.00. The summed E-state index contributed by atoms with van der Waals surface area (Å²) in [6.45, 7) is 1.25. The third-order valence-electron chi connectivity index (χ3n) is 3.55. The number of hydrogen-bond donors (Lipinski definition) is 1. The van der Waals surface area contributed by atoms with Gasteiger partial charge in [-0.15, -0.1) is 24.2 Å². The summed E-state index contributed by atoms with van der Waals surface area (Å²) < 4.78 is 26.6. The van der Waals surface area contributed by atoms with Gasteiger partial charge in [0.05, 0.1) is 0 Å². The van der Waals surface area contributed by atoms with Crippen LogP contribution in [0.2, 0.25) is 0 Å². The molecule has 0 spiro atoms. The number of benzene rings is 2. The summed E-state index contributed by atoms with van der Waals surface area (Å²) in [6, 6.07) is 13.0. The third-order valence-corrected chi connectivity index (χ3v) is 4.78. The van der Waals surface area contributed by atoms with E-state index in [0.717, 1.165) is 17.7 Å². The zero-order valence-corrected chi connectivity index (χ0v) is 15.7. The van der Waals surface area contributed by atoms with Crippen LogP contribution in [0.5, 0.6) is 0 Å². The van der Waals surface area contributed by atoms with Gasteiger partial charge >= 0.3 is 0 Å². The summed E-state index contributed by atoms with van der Waals surface area (Å²) in [5, 5.41) is 2.49. The molecule has 1 unspecified atom stereocenters. The van der Waals surface area contributed by atoms with Gasteiger partial charge in [0.15, 0.2) is 11.6 Å². The number of amides is 1. The SMILES string of the molecule is CNCCN(C)C(=O)C(Sc1ccc(F)c(F)c1)c1ccccc1.Cl. The van der Waals surface area contributed by atoms with E-state index in [1.54, 1.807) is 11.9 Å². The van der Waals surface area contributed by atoms with E-state index in [4.69, 9.17) is 0 Å². The van der Waals surface area contributed by atoms with Crippen LogP contribution < -0.4 is 5.32 Å². The van der Waals surface area contributed by atoms with E-state index in [9.17, 15) is 13.6 Å². The molecule has 2 rings (SSSR count). The van der Waals surface area contributed by atoms with Gasteiger partial charge in [-0.2, -0.15) is 0 Å². The second-order valence-corrected chi connectivity index (χ2v) is 6.53. The van der Waals surface area contributed by atoms with E-state index in [1.165, 1.54) is 17.8 Å². The van der Waals surface area contributed by atoms with Crippen LogP contribution >= 0.6 is 24.2 Å². The van der Waals surface area contributed by atoms with Gasteiger partial charge in [-0.25, -0.2) is 8.78 Å². The minimum atomic E-state index is -0.914. The van der Waals surface area contributed by atoms with Gasteiger partial charge in [0.1, 0.15) is 5.25 Å². The lowest BCUT2D eigenvalue weighted by molar-refractivity contribution is -0.129. The Bertz CT molecular complexity index is 688. The van der Waals surface area contributed by atoms with Crippen molar-refractivity contribution >= 4 is 30.1 Å². The summed E-state index contributed by atoms with van der Waals surface area (Å²) in [5.41, 5.74) is 0.827. The Morgan fingerprint density at radius 2 is 1.84 bits per heavy atom. The summed E-state index contributed by atoms with van der Waals surface area (Å²) >= 11 is 1.22. The molecule has 0 bridgehead atoms. The van der Waals surface area contributed by atoms with Crippen LogP contribution in [0, 0.1) is 11.6 Å². The molecule has 0 aromatic heterocycles. The first kappa shape index (κ1) is 21.4. The molecule has 7 heteroatoms. The van der Waals surface area contributed by atoms with Crippen LogP contribution in [0.15, 0.2) is 53.4 Å². The Balaban J connectivity index is 0.00000312. The van der Waals surface area contributed by atoms with Crippen molar-refractivity contribution in [1.29, 1.82) is 0 Å². The molecule has 2 aromatic carbocycles. The summed E-state index contributed by atoms with van der Waals surface area (Å²) in [4.78, 5) is 15.0. The third kappa shape index (κ3) is 5.99. The fourth-order valence-electron chi connectivity index (χ4n) is 2.16. The minimum absolute atomic E-state index is 0. The molecule has 0 radical (unpaired) electrons. The number of nitrogens with zero attached hydrogens (tertiary/aromatic N) is 1. The first-order chi connectivity index (χ1) is 11.5.